The molecule has 150 valence electrons. The Hall–Kier alpha value is -1.07. The molecule has 1 aromatic carbocycles. The van der Waals surface area contributed by atoms with Gasteiger partial charge in [0.05, 0.1) is 0 Å². The van der Waals surface area contributed by atoms with E-state index in [0.717, 1.165) is 31.2 Å². The molecule has 1 rings (SSSR count). The molecule has 0 aliphatic rings. The summed E-state index contributed by atoms with van der Waals surface area (Å²) < 4.78 is 49.7. The van der Waals surface area contributed by atoms with Crippen LogP contribution in [0.3, 0.4) is 0 Å². The van der Waals surface area contributed by atoms with Gasteiger partial charge in [-0.15, -0.1) is 0 Å². The highest BCUT2D eigenvalue weighted by molar-refractivity contribution is 5.22. The van der Waals surface area contributed by atoms with Crippen LogP contribution in [-0.2, 0) is 9.47 Å². The third kappa shape index (κ3) is 7.67. The van der Waals surface area contributed by atoms with E-state index in [1.807, 2.05) is 30.3 Å². The van der Waals surface area contributed by atoms with Crippen LogP contribution in [0.25, 0.3) is 0 Å². The van der Waals surface area contributed by atoms with E-state index in [9.17, 15) is 13.2 Å². The zero-order valence-electron chi connectivity index (χ0n) is 16.3. The van der Waals surface area contributed by atoms with Crippen molar-refractivity contribution >= 4 is 0 Å². The monoisotopic (exact) mass is 374 g/mol. The molecule has 0 aromatic heterocycles. The van der Waals surface area contributed by atoms with Crippen LogP contribution in [0.2, 0.25) is 0 Å². The molecule has 2 nitrogen and oxygen atoms in total. The lowest BCUT2D eigenvalue weighted by Crippen LogP contribution is -2.41. The first kappa shape index (κ1) is 23.0. The van der Waals surface area contributed by atoms with Gasteiger partial charge in [-0.2, -0.15) is 13.2 Å². The standard InChI is InChI=1S/C21H33F3O2/c1-4-5-6-7-8-12-15-19(18-13-10-9-11-14-18)20(25-2,26-3)16-17-21(22,23)24/h9-11,13-14,19H,4-8,12,15-17H2,1-3H3. The number of unbranched alkanes of at least 4 members (excludes halogenated alkanes) is 5. The van der Waals surface area contributed by atoms with Crippen LogP contribution in [0.1, 0.15) is 76.2 Å². The third-order valence-electron chi connectivity index (χ3n) is 5.03. The molecule has 0 amide bonds. The quantitative estimate of drug-likeness (QED) is 0.278. The summed E-state index contributed by atoms with van der Waals surface area (Å²) >= 11 is 0. The Balaban J connectivity index is 2.88. The highest BCUT2D eigenvalue weighted by Crippen LogP contribution is 2.41. The molecule has 0 aliphatic carbocycles. The molecule has 0 aliphatic heterocycles. The minimum Gasteiger partial charge on any atom is -0.353 e. The SMILES string of the molecule is CCCCCCCCC(c1ccccc1)C(CCC(F)(F)F)(OC)OC. The number of hydrogen-bond acceptors (Lipinski definition) is 2. The van der Waals surface area contributed by atoms with E-state index in [1.54, 1.807) is 0 Å². The maximum Gasteiger partial charge on any atom is 0.389 e. The molecular formula is C21H33F3O2. The number of hydrogen-bond donors (Lipinski definition) is 0. The fourth-order valence-corrected chi connectivity index (χ4v) is 3.52. The van der Waals surface area contributed by atoms with Crippen molar-refractivity contribution in [1.29, 1.82) is 0 Å². The molecule has 0 N–H and O–H groups in total. The van der Waals surface area contributed by atoms with Gasteiger partial charge in [-0.3, -0.25) is 0 Å². The average Bonchev–Trinajstić information content (AvgIpc) is 2.63. The first-order chi connectivity index (χ1) is 12.4. The van der Waals surface area contributed by atoms with Gasteiger partial charge in [0.2, 0.25) is 0 Å². The lowest BCUT2D eigenvalue weighted by Gasteiger charge is -2.39. The van der Waals surface area contributed by atoms with Crippen LogP contribution in [0.15, 0.2) is 30.3 Å². The topological polar surface area (TPSA) is 18.5 Å². The Kier molecular flexibility index (Phi) is 10.3. The van der Waals surface area contributed by atoms with Crippen molar-refractivity contribution in [2.45, 2.75) is 82.6 Å². The van der Waals surface area contributed by atoms with Crippen molar-refractivity contribution in [3.05, 3.63) is 35.9 Å². The average molecular weight is 374 g/mol. The fourth-order valence-electron chi connectivity index (χ4n) is 3.52. The Labute approximate surface area is 156 Å². The van der Waals surface area contributed by atoms with Gasteiger partial charge in [-0.05, 0) is 12.0 Å². The van der Waals surface area contributed by atoms with E-state index in [4.69, 9.17) is 9.47 Å². The maximum atomic E-state index is 12.8. The van der Waals surface area contributed by atoms with Gasteiger partial charge in [0.25, 0.3) is 0 Å². The molecule has 1 aromatic rings. The van der Waals surface area contributed by atoms with Gasteiger partial charge in [0, 0.05) is 33.0 Å². The second-order valence-corrected chi connectivity index (χ2v) is 6.85. The van der Waals surface area contributed by atoms with Crippen LogP contribution >= 0.6 is 0 Å². The number of halogens is 3. The number of ether oxygens (including phenoxy) is 2. The number of rotatable bonds is 13. The van der Waals surface area contributed by atoms with Gasteiger partial charge < -0.3 is 9.47 Å². The second-order valence-electron chi connectivity index (χ2n) is 6.85. The van der Waals surface area contributed by atoms with E-state index >= 15 is 0 Å². The van der Waals surface area contributed by atoms with E-state index in [1.165, 1.54) is 33.5 Å². The molecule has 0 saturated carbocycles. The summed E-state index contributed by atoms with van der Waals surface area (Å²) in [6.07, 6.45) is 2.20. The van der Waals surface area contributed by atoms with Crippen molar-refractivity contribution in [3.8, 4) is 0 Å². The summed E-state index contributed by atoms with van der Waals surface area (Å²) in [6, 6.07) is 9.61. The minimum absolute atomic E-state index is 0.209. The van der Waals surface area contributed by atoms with Crippen LogP contribution < -0.4 is 0 Å². The molecule has 0 fully saturated rings. The molecule has 1 unspecified atom stereocenters. The highest BCUT2D eigenvalue weighted by Gasteiger charge is 2.43. The largest absolute Gasteiger partial charge is 0.389 e. The lowest BCUT2D eigenvalue weighted by molar-refractivity contribution is -0.243. The minimum atomic E-state index is -4.23. The lowest BCUT2D eigenvalue weighted by atomic mass is 9.83. The first-order valence-electron chi connectivity index (χ1n) is 9.60. The van der Waals surface area contributed by atoms with Gasteiger partial charge in [0.1, 0.15) is 0 Å². The predicted molar refractivity (Wildman–Crippen MR) is 99.2 cm³/mol. The number of benzene rings is 1. The van der Waals surface area contributed by atoms with E-state index in [2.05, 4.69) is 6.92 Å². The summed E-state index contributed by atoms with van der Waals surface area (Å²) in [7, 11) is 2.88. The van der Waals surface area contributed by atoms with Gasteiger partial charge in [-0.1, -0.05) is 75.8 Å². The molecule has 0 radical (unpaired) electrons. The third-order valence-corrected chi connectivity index (χ3v) is 5.03. The first-order valence-corrected chi connectivity index (χ1v) is 9.60. The van der Waals surface area contributed by atoms with E-state index < -0.39 is 18.4 Å². The predicted octanol–water partition coefficient (Wildman–Crippen LogP) is 6.85. The van der Waals surface area contributed by atoms with Crippen molar-refractivity contribution in [1.82, 2.24) is 0 Å². The van der Waals surface area contributed by atoms with Crippen molar-refractivity contribution in [2.75, 3.05) is 14.2 Å². The van der Waals surface area contributed by atoms with Crippen LogP contribution in [0.4, 0.5) is 13.2 Å². The van der Waals surface area contributed by atoms with E-state index in [0.29, 0.717) is 0 Å². The zero-order valence-corrected chi connectivity index (χ0v) is 16.3. The summed E-state index contributed by atoms with van der Waals surface area (Å²) in [4.78, 5) is 0. The molecule has 0 heterocycles. The van der Waals surface area contributed by atoms with Crippen LogP contribution in [0.5, 0.6) is 0 Å². The van der Waals surface area contributed by atoms with Crippen molar-refractivity contribution in [3.63, 3.8) is 0 Å². The molecule has 0 saturated heterocycles. The molecule has 0 bridgehead atoms. The molecule has 0 spiro atoms. The molecule has 26 heavy (non-hydrogen) atoms. The normalized spacial score (nSPS) is 13.8. The Morgan fingerprint density at radius 2 is 1.42 bits per heavy atom. The Bertz CT molecular complexity index is 470. The van der Waals surface area contributed by atoms with Crippen LogP contribution in [0, 0.1) is 0 Å². The smallest absolute Gasteiger partial charge is 0.353 e. The van der Waals surface area contributed by atoms with Gasteiger partial charge >= 0.3 is 6.18 Å². The van der Waals surface area contributed by atoms with Crippen molar-refractivity contribution < 1.29 is 22.6 Å². The number of methoxy groups -OCH3 is 2. The maximum absolute atomic E-state index is 12.8. The summed E-state index contributed by atoms with van der Waals surface area (Å²) in [5.74, 6) is -1.49. The summed E-state index contributed by atoms with van der Waals surface area (Å²) in [6.45, 7) is 2.18. The van der Waals surface area contributed by atoms with Gasteiger partial charge in [-0.25, -0.2) is 0 Å². The zero-order chi connectivity index (χ0) is 19.5. The van der Waals surface area contributed by atoms with Gasteiger partial charge in [0.15, 0.2) is 5.79 Å². The van der Waals surface area contributed by atoms with E-state index in [-0.39, 0.29) is 12.3 Å². The fraction of sp³-hybridized carbons (Fsp3) is 0.714. The highest BCUT2D eigenvalue weighted by atomic mass is 19.4. The second kappa shape index (κ2) is 11.6. The summed E-state index contributed by atoms with van der Waals surface area (Å²) in [5, 5.41) is 0. The van der Waals surface area contributed by atoms with Crippen molar-refractivity contribution in [2.24, 2.45) is 0 Å². The van der Waals surface area contributed by atoms with Crippen LogP contribution in [-0.4, -0.2) is 26.2 Å². The Morgan fingerprint density at radius 1 is 0.846 bits per heavy atom. The molecular weight excluding hydrogens is 341 g/mol. The molecule has 5 heteroatoms. The molecule has 1 atom stereocenters. The number of alkyl halides is 3. The Morgan fingerprint density at radius 3 is 1.96 bits per heavy atom. The summed E-state index contributed by atoms with van der Waals surface area (Å²) in [5.41, 5.74) is 0.965.